The van der Waals surface area contributed by atoms with E-state index in [1.54, 1.807) is 43.3 Å². The van der Waals surface area contributed by atoms with Gasteiger partial charge in [0.25, 0.3) is 7.37 Å². The first-order valence-electron chi connectivity index (χ1n) is 7.58. The fourth-order valence-electron chi connectivity index (χ4n) is 2.50. The normalized spacial score (nSPS) is 14.4. The maximum Gasteiger partial charge on any atom is 0.265 e. The summed E-state index contributed by atoms with van der Waals surface area (Å²) in [5.74, 6) is -0.621. The van der Waals surface area contributed by atoms with Gasteiger partial charge in [0.2, 0.25) is 0 Å². The van der Waals surface area contributed by atoms with Crippen molar-refractivity contribution < 1.29 is 19.3 Å². The van der Waals surface area contributed by atoms with Crippen LogP contribution in [0.25, 0.3) is 0 Å². The van der Waals surface area contributed by atoms with Crippen LogP contribution in [0, 0.1) is 0 Å². The van der Waals surface area contributed by atoms with Crippen molar-refractivity contribution in [2.24, 2.45) is 0 Å². The maximum absolute atomic E-state index is 13.5. The molecular weight excluding hydrogens is 311 g/mol. The third-order valence-corrected chi connectivity index (χ3v) is 6.26. The van der Waals surface area contributed by atoms with Crippen molar-refractivity contribution >= 4 is 18.0 Å². The summed E-state index contributed by atoms with van der Waals surface area (Å²) in [5.41, 5.74) is 0.248. The molecule has 2 rings (SSSR count). The lowest BCUT2D eigenvalue weighted by atomic mass is 9.86. The highest BCUT2D eigenvalue weighted by Crippen LogP contribution is 2.50. The summed E-state index contributed by atoms with van der Waals surface area (Å²) >= 11 is 0. The van der Waals surface area contributed by atoms with Crippen LogP contribution in [-0.4, -0.2) is 16.8 Å². The van der Waals surface area contributed by atoms with Crippen LogP contribution in [0.3, 0.4) is 0 Å². The highest BCUT2D eigenvalue weighted by molar-refractivity contribution is 7.74. The van der Waals surface area contributed by atoms with Gasteiger partial charge in [-0.1, -0.05) is 45.0 Å². The molecule has 23 heavy (non-hydrogen) atoms. The Morgan fingerprint density at radius 1 is 1.00 bits per heavy atom. The van der Waals surface area contributed by atoms with E-state index in [2.05, 4.69) is 0 Å². The second kappa shape index (κ2) is 6.38. The first kappa shape index (κ1) is 17.6. The summed E-state index contributed by atoms with van der Waals surface area (Å²) in [5, 5.41) is 21.4. The third kappa shape index (κ3) is 3.29. The SMILES string of the molecule is CCO[P@@](=O)(c1ccccc1)c1ccc(C(C)(C)C)c(O)c1O. The molecule has 2 aromatic rings. The molecule has 124 valence electrons. The van der Waals surface area contributed by atoms with Gasteiger partial charge in [0.05, 0.1) is 11.9 Å². The topological polar surface area (TPSA) is 66.8 Å². The summed E-state index contributed by atoms with van der Waals surface area (Å²) in [6.45, 7) is 7.77. The molecule has 4 nitrogen and oxygen atoms in total. The zero-order valence-corrected chi connectivity index (χ0v) is 14.8. The summed E-state index contributed by atoms with van der Waals surface area (Å²) in [6, 6.07) is 12.0. The van der Waals surface area contributed by atoms with E-state index in [0.29, 0.717) is 10.9 Å². The van der Waals surface area contributed by atoms with Gasteiger partial charge in [-0.15, -0.1) is 0 Å². The van der Waals surface area contributed by atoms with E-state index in [-0.39, 0.29) is 28.8 Å². The molecule has 0 aromatic heterocycles. The van der Waals surface area contributed by atoms with Gasteiger partial charge in [-0.05, 0) is 30.5 Å². The highest BCUT2D eigenvalue weighted by Gasteiger charge is 2.34. The molecule has 0 unspecified atom stereocenters. The monoisotopic (exact) mass is 334 g/mol. The number of hydrogen-bond donors (Lipinski definition) is 2. The Balaban J connectivity index is 2.67. The van der Waals surface area contributed by atoms with Gasteiger partial charge in [-0.3, -0.25) is 4.57 Å². The zero-order valence-electron chi connectivity index (χ0n) is 13.9. The second-order valence-electron chi connectivity index (χ2n) is 6.38. The molecule has 0 saturated heterocycles. The smallest absolute Gasteiger partial charge is 0.265 e. The first-order valence-corrected chi connectivity index (χ1v) is 9.20. The fraction of sp³-hybridized carbons (Fsp3) is 0.333. The van der Waals surface area contributed by atoms with E-state index < -0.39 is 7.37 Å². The summed E-state index contributed by atoms with van der Waals surface area (Å²) in [4.78, 5) is 0. The molecule has 0 aliphatic heterocycles. The van der Waals surface area contributed by atoms with E-state index in [9.17, 15) is 14.8 Å². The van der Waals surface area contributed by atoms with Gasteiger partial charge in [-0.25, -0.2) is 0 Å². The van der Waals surface area contributed by atoms with Gasteiger partial charge >= 0.3 is 0 Å². The molecule has 0 fully saturated rings. The van der Waals surface area contributed by atoms with Crippen molar-refractivity contribution in [2.75, 3.05) is 6.61 Å². The molecule has 0 aliphatic carbocycles. The van der Waals surface area contributed by atoms with Crippen molar-refractivity contribution in [3.8, 4) is 11.5 Å². The lowest BCUT2D eigenvalue weighted by molar-refractivity contribution is 0.345. The quantitative estimate of drug-likeness (QED) is 0.661. The number of hydrogen-bond acceptors (Lipinski definition) is 4. The van der Waals surface area contributed by atoms with Crippen molar-refractivity contribution in [2.45, 2.75) is 33.1 Å². The highest BCUT2D eigenvalue weighted by atomic mass is 31.2. The number of rotatable bonds is 4. The number of aromatic hydroxyl groups is 2. The molecule has 1 atom stereocenters. The van der Waals surface area contributed by atoms with Gasteiger partial charge in [0, 0.05) is 10.9 Å². The predicted octanol–water partition coefficient (Wildman–Crippen LogP) is 3.66. The Labute approximate surface area is 137 Å². The first-order chi connectivity index (χ1) is 10.7. The van der Waals surface area contributed by atoms with E-state index in [1.165, 1.54) is 0 Å². The Bertz CT molecular complexity index is 733. The third-order valence-electron chi connectivity index (χ3n) is 3.66. The Kier molecular flexibility index (Phi) is 4.88. The van der Waals surface area contributed by atoms with Gasteiger partial charge in [0.15, 0.2) is 11.5 Å². The van der Waals surface area contributed by atoms with Gasteiger partial charge in [0.1, 0.15) is 0 Å². The second-order valence-corrected chi connectivity index (χ2v) is 8.74. The summed E-state index contributed by atoms with van der Waals surface area (Å²) < 4.78 is 19.0. The van der Waals surface area contributed by atoms with E-state index >= 15 is 0 Å². The van der Waals surface area contributed by atoms with Crippen LogP contribution in [0.15, 0.2) is 42.5 Å². The Morgan fingerprint density at radius 3 is 2.13 bits per heavy atom. The standard InChI is InChI=1S/C18H23O4P/c1-5-22-23(21,13-9-7-6-8-10-13)15-12-11-14(18(2,3)4)16(19)17(15)20/h6-12,19-20H,5H2,1-4H3/t23-/m0/s1. The molecule has 0 bridgehead atoms. The molecular formula is C18H23O4P. The molecule has 2 aromatic carbocycles. The lowest BCUT2D eigenvalue weighted by Gasteiger charge is -2.24. The minimum atomic E-state index is -3.47. The fourth-order valence-corrected chi connectivity index (χ4v) is 4.65. The van der Waals surface area contributed by atoms with Crippen LogP contribution < -0.4 is 10.6 Å². The average Bonchev–Trinajstić information content (AvgIpc) is 2.49. The molecule has 2 N–H and O–H groups in total. The van der Waals surface area contributed by atoms with Crippen LogP contribution >= 0.6 is 7.37 Å². The van der Waals surface area contributed by atoms with Gasteiger partial charge in [-0.2, -0.15) is 0 Å². The predicted molar refractivity (Wildman–Crippen MR) is 93.4 cm³/mol. The van der Waals surface area contributed by atoms with Crippen LogP contribution in [0.1, 0.15) is 33.3 Å². The van der Waals surface area contributed by atoms with E-state index in [0.717, 1.165) is 0 Å². The number of phenols is 2. The van der Waals surface area contributed by atoms with Crippen LogP contribution in [0.2, 0.25) is 0 Å². The summed E-state index contributed by atoms with van der Waals surface area (Å²) in [7, 11) is -3.47. The van der Waals surface area contributed by atoms with Crippen molar-refractivity contribution in [3.05, 3.63) is 48.0 Å². The zero-order chi connectivity index (χ0) is 17.3. The number of phenolic OH excluding ortho intramolecular Hbond substituents is 2. The van der Waals surface area contributed by atoms with Crippen LogP contribution in [0.5, 0.6) is 11.5 Å². The van der Waals surface area contributed by atoms with Crippen molar-refractivity contribution in [1.82, 2.24) is 0 Å². The molecule has 0 aliphatic rings. The molecule has 0 heterocycles. The van der Waals surface area contributed by atoms with Crippen molar-refractivity contribution in [3.63, 3.8) is 0 Å². The minimum Gasteiger partial charge on any atom is -0.504 e. The van der Waals surface area contributed by atoms with Crippen molar-refractivity contribution in [1.29, 1.82) is 0 Å². The average molecular weight is 334 g/mol. The maximum atomic E-state index is 13.5. The molecule has 0 radical (unpaired) electrons. The van der Waals surface area contributed by atoms with Gasteiger partial charge < -0.3 is 14.7 Å². The minimum absolute atomic E-state index is 0.121. The number of benzene rings is 2. The summed E-state index contributed by atoms with van der Waals surface area (Å²) in [6.07, 6.45) is 0. The Hall–Kier alpha value is -1.77. The Morgan fingerprint density at radius 2 is 1.61 bits per heavy atom. The van der Waals surface area contributed by atoms with E-state index in [1.807, 2.05) is 26.8 Å². The molecule has 5 heteroatoms. The molecule has 0 spiro atoms. The molecule has 0 saturated carbocycles. The van der Waals surface area contributed by atoms with E-state index in [4.69, 9.17) is 4.52 Å². The largest absolute Gasteiger partial charge is 0.504 e. The molecule has 0 amide bonds. The van der Waals surface area contributed by atoms with Crippen LogP contribution in [-0.2, 0) is 14.5 Å². The lowest BCUT2D eigenvalue weighted by Crippen LogP contribution is -2.20. The van der Waals surface area contributed by atoms with Crippen LogP contribution in [0.4, 0.5) is 0 Å².